The lowest BCUT2D eigenvalue weighted by atomic mass is 10.0. The van der Waals surface area contributed by atoms with Crippen LogP contribution in [0.2, 0.25) is 0 Å². The monoisotopic (exact) mass is 1510 g/mol. The molecule has 0 aliphatic carbocycles. The Kier molecular flexibility index (Phi) is 74.1. The Morgan fingerprint density at radius 3 is 0.660 bits per heavy atom. The van der Waals surface area contributed by atoms with Crippen LogP contribution in [0.25, 0.3) is 0 Å². The third-order valence-corrected chi connectivity index (χ3v) is 21.6. The molecule has 2 unspecified atom stereocenters. The van der Waals surface area contributed by atoms with E-state index in [4.69, 9.17) is 37.0 Å². The van der Waals surface area contributed by atoms with Gasteiger partial charge in [0.15, 0.2) is 12.2 Å². The SMILES string of the molecule is CCCCCCCCCCCCCCCCCCCCCCC(=O)O[C@H](COC(=O)CCCCCCCCCCCCCCCCC(C)C)COP(=O)(O)OC[C@@H](O)COP(=O)(O)OC[C@@H](COC(=O)CCCCCCCCC(C)C)OC(=O)CCCCCCCCCCCCCCCCCCC. The first kappa shape index (κ1) is 101. The van der Waals surface area contributed by atoms with Gasteiger partial charge in [-0.2, -0.15) is 0 Å². The highest BCUT2D eigenvalue weighted by Crippen LogP contribution is 2.45. The van der Waals surface area contributed by atoms with E-state index in [1.807, 2.05) is 0 Å². The first-order valence-electron chi connectivity index (χ1n) is 43.5. The largest absolute Gasteiger partial charge is 0.472 e. The van der Waals surface area contributed by atoms with Gasteiger partial charge in [0.1, 0.15) is 19.3 Å². The number of carbonyl (C=O) groups is 4. The van der Waals surface area contributed by atoms with E-state index in [0.717, 1.165) is 102 Å². The molecule has 0 heterocycles. The molecule has 0 aliphatic rings. The van der Waals surface area contributed by atoms with Crippen LogP contribution in [0.3, 0.4) is 0 Å². The molecule has 0 bridgehead atoms. The molecule has 103 heavy (non-hydrogen) atoms. The second kappa shape index (κ2) is 75.5. The molecule has 0 rings (SSSR count). The summed E-state index contributed by atoms with van der Waals surface area (Å²) in [6.07, 6.45) is 66.8. The van der Waals surface area contributed by atoms with E-state index in [1.165, 1.54) is 257 Å². The van der Waals surface area contributed by atoms with Crippen molar-refractivity contribution in [3.05, 3.63) is 0 Å². The molecule has 612 valence electrons. The maximum atomic E-state index is 13.1. The highest BCUT2D eigenvalue weighted by Gasteiger charge is 2.30. The summed E-state index contributed by atoms with van der Waals surface area (Å²) in [6.45, 7) is 9.60. The molecule has 0 aromatic rings. The van der Waals surface area contributed by atoms with Crippen molar-refractivity contribution in [2.75, 3.05) is 39.6 Å². The summed E-state index contributed by atoms with van der Waals surface area (Å²) >= 11 is 0. The zero-order chi connectivity index (χ0) is 75.6. The molecule has 0 radical (unpaired) electrons. The molecule has 0 fully saturated rings. The fourth-order valence-corrected chi connectivity index (χ4v) is 14.6. The van der Waals surface area contributed by atoms with Gasteiger partial charge in [-0.15, -0.1) is 0 Å². The van der Waals surface area contributed by atoms with Crippen LogP contribution in [-0.4, -0.2) is 96.7 Å². The van der Waals surface area contributed by atoms with Crippen molar-refractivity contribution in [3.8, 4) is 0 Å². The second-order valence-corrected chi connectivity index (χ2v) is 34.1. The minimum absolute atomic E-state index is 0.108. The van der Waals surface area contributed by atoms with Gasteiger partial charge in [-0.1, -0.05) is 395 Å². The second-order valence-electron chi connectivity index (χ2n) is 31.2. The number of esters is 4. The third kappa shape index (κ3) is 78.0. The van der Waals surface area contributed by atoms with Gasteiger partial charge in [-0.05, 0) is 37.5 Å². The lowest BCUT2D eigenvalue weighted by Gasteiger charge is -2.21. The number of hydrogen-bond donors (Lipinski definition) is 3. The lowest BCUT2D eigenvalue weighted by molar-refractivity contribution is -0.161. The van der Waals surface area contributed by atoms with E-state index in [0.29, 0.717) is 31.6 Å². The fraction of sp³-hybridized carbons (Fsp3) is 0.952. The Morgan fingerprint density at radius 1 is 0.262 bits per heavy atom. The Bertz CT molecular complexity index is 1980. The molecular weight excluding hydrogens is 1340 g/mol. The van der Waals surface area contributed by atoms with Crippen LogP contribution >= 0.6 is 15.6 Å². The number of phosphoric ester groups is 2. The number of aliphatic hydroxyl groups is 1. The van der Waals surface area contributed by atoms with Crippen molar-refractivity contribution in [3.63, 3.8) is 0 Å². The van der Waals surface area contributed by atoms with Crippen molar-refractivity contribution in [1.82, 2.24) is 0 Å². The van der Waals surface area contributed by atoms with Gasteiger partial charge < -0.3 is 33.8 Å². The maximum absolute atomic E-state index is 13.1. The van der Waals surface area contributed by atoms with E-state index in [2.05, 4.69) is 41.5 Å². The number of hydrogen-bond acceptors (Lipinski definition) is 15. The topological polar surface area (TPSA) is 237 Å². The van der Waals surface area contributed by atoms with Crippen LogP contribution < -0.4 is 0 Å². The van der Waals surface area contributed by atoms with Crippen LogP contribution in [0.5, 0.6) is 0 Å². The van der Waals surface area contributed by atoms with Crippen molar-refractivity contribution >= 4 is 39.5 Å². The number of ether oxygens (including phenoxy) is 4. The van der Waals surface area contributed by atoms with Gasteiger partial charge in [0, 0.05) is 25.7 Å². The van der Waals surface area contributed by atoms with Crippen molar-refractivity contribution in [1.29, 1.82) is 0 Å². The van der Waals surface area contributed by atoms with Crippen LogP contribution in [0.15, 0.2) is 0 Å². The highest BCUT2D eigenvalue weighted by molar-refractivity contribution is 7.47. The van der Waals surface area contributed by atoms with E-state index in [9.17, 15) is 43.2 Å². The molecule has 5 atom stereocenters. The standard InChI is InChI=1S/C84H164O17P2/c1-7-9-11-13-15-17-19-21-23-25-26-27-29-31-37-41-45-49-57-62-68-83(88)100-79(72-94-81(86)66-60-54-47-43-39-35-33-32-34-38-42-46-52-58-64-76(3)4)74-98-102(90,91)96-70-78(85)71-97-103(92,93)99-75-80(73-95-82(87)67-61-55-51-50-53-59-65-77(5)6)101-84(89)69-63-56-48-44-40-36-30-28-24-22-20-18-16-14-12-10-8-2/h76-80,85H,7-75H2,1-6H3,(H,90,91)(H,92,93)/t78-,79-,80-/m1/s1. The fourth-order valence-electron chi connectivity index (χ4n) is 13.1. The van der Waals surface area contributed by atoms with Gasteiger partial charge in [-0.3, -0.25) is 37.3 Å². The van der Waals surface area contributed by atoms with E-state index in [-0.39, 0.29) is 25.7 Å². The van der Waals surface area contributed by atoms with E-state index < -0.39 is 97.5 Å². The summed E-state index contributed by atoms with van der Waals surface area (Å²) in [5, 5.41) is 10.7. The molecule has 0 saturated heterocycles. The van der Waals surface area contributed by atoms with Gasteiger partial charge in [0.25, 0.3) is 0 Å². The number of phosphoric acid groups is 2. The van der Waals surface area contributed by atoms with Crippen LogP contribution in [0.4, 0.5) is 0 Å². The average Bonchev–Trinajstić information content (AvgIpc) is 0.926. The minimum atomic E-state index is -4.96. The third-order valence-electron chi connectivity index (χ3n) is 19.7. The Balaban J connectivity index is 5.21. The number of carbonyl (C=O) groups excluding carboxylic acids is 4. The van der Waals surface area contributed by atoms with Gasteiger partial charge in [0.2, 0.25) is 0 Å². The smallest absolute Gasteiger partial charge is 0.462 e. The summed E-state index contributed by atoms with van der Waals surface area (Å²) in [5.41, 5.74) is 0. The predicted molar refractivity (Wildman–Crippen MR) is 423 cm³/mol. The van der Waals surface area contributed by atoms with Crippen LogP contribution in [0, 0.1) is 11.8 Å². The Morgan fingerprint density at radius 2 is 0.447 bits per heavy atom. The van der Waals surface area contributed by atoms with E-state index >= 15 is 0 Å². The Labute approximate surface area is 632 Å². The lowest BCUT2D eigenvalue weighted by Crippen LogP contribution is -2.30. The summed E-state index contributed by atoms with van der Waals surface area (Å²) < 4.78 is 68.8. The molecule has 17 nitrogen and oxygen atoms in total. The first-order chi connectivity index (χ1) is 49.9. The molecular formula is C84H164O17P2. The number of rotatable bonds is 83. The summed E-state index contributed by atoms with van der Waals surface area (Å²) in [6, 6.07) is 0. The Hall–Kier alpha value is -1.94. The average molecular weight is 1510 g/mol. The number of aliphatic hydroxyl groups excluding tert-OH is 1. The molecule has 0 aliphatic heterocycles. The minimum Gasteiger partial charge on any atom is -0.462 e. The van der Waals surface area contributed by atoms with Crippen molar-refractivity contribution in [2.45, 2.75) is 464 Å². The zero-order valence-electron chi connectivity index (χ0n) is 67.6. The van der Waals surface area contributed by atoms with Gasteiger partial charge in [-0.25, -0.2) is 9.13 Å². The van der Waals surface area contributed by atoms with E-state index in [1.54, 1.807) is 0 Å². The van der Waals surface area contributed by atoms with Crippen molar-refractivity contribution < 1.29 is 80.2 Å². The zero-order valence-corrected chi connectivity index (χ0v) is 69.4. The highest BCUT2D eigenvalue weighted by atomic mass is 31.2. The molecule has 0 saturated carbocycles. The molecule has 0 spiro atoms. The molecule has 3 N–H and O–H groups in total. The summed E-state index contributed by atoms with van der Waals surface area (Å²) in [4.78, 5) is 73.1. The maximum Gasteiger partial charge on any atom is 0.472 e. The number of unbranched alkanes of at least 4 members (excludes halogenated alkanes) is 53. The van der Waals surface area contributed by atoms with Gasteiger partial charge >= 0.3 is 39.5 Å². The van der Waals surface area contributed by atoms with Crippen LogP contribution in [0.1, 0.15) is 446 Å². The molecule has 0 aromatic carbocycles. The first-order valence-corrected chi connectivity index (χ1v) is 46.5. The van der Waals surface area contributed by atoms with Crippen LogP contribution in [-0.2, 0) is 65.4 Å². The molecule has 0 amide bonds. The molecule has 19 heteroatoms. The summed E-state index contributed by atoms with van der Waals surface area (Å²) in [5.74, 6) is -0.628. The predicted octanol–water partition coefficient (Wildman–Crippen LogP) is 25.5. The normalized spacial score (nSPS) is 13.9. The quantitative estimate of drug-likeness (QED) is 0.0222. The van der Waals surface area contributed by atoms with Crippen molar-refractivity contribution in [2.24, 2.45) is 11.8 Å². The van der Waals surface area contributed by atoms with Gasteiger partial charge in [0.05, 0.1) is 26.4 Å². The molecule has 0 aromatic heterocycles. The summed E-state index contributed by atoms with van der Waals surface area (Å²) in [7, 11) is -9.92.